The minimum Gasteiger partial charge on any atom is -0.497 e. The number of rotatable bonds is 8. The van der Waals surface area contributed by atoms with Crippen LogP contribution in [0, 0.1) is 11.3 Å². The lowest BCUT2D eigenvalue weighted by Gasteiger charge is -2.32. The van der Waals surface area contributed by atoms with Crippen molar-refractivity contribution in [1.82, 2.24) is 10.2 Å². The summed E-state index contributed by atoms with van der Waals surface area (Å²) >= 11 is 1.05. The summed E-state index contributed by atoms with van der Waals surface area (Å²) in [6.45, 7) is 0.216. The number of esters is 1. The Balaban J connectivity index is 1.87. The maximum atomic E-state index is 13.8. The summed E-state index contributed by atoms with van der Waals surface area (Å²) < 4.78 is 15.6. The van der Waals surface area contributed by atoms with E-state index < -0.39 is 29.0 Å². The molecule has 4 rings (SSSR count). The molecule has 0 unspecified atom stereocenters. The molecule has 1 saturated heterocycles. The highest BCUT2D eigenvalue weighted by molar-refractivity contribution is 8.04. The molecule has 1 fully saturated rings. The monoisotopic (exact) mass is 534 g/mol. The fourth-order valence-electron chi connectivity index (χ4n) is 4.39. The Labute approximate surface area is 224 Å². The quantitative estimate of drug-likeness (QED) is 0.488. The van der Waals surface area contributed by atoms with Crippen LogP contribution in [0.15, 0.2) is 70.5 Å². The second-order valence-electron chi connectivity index (χ2n) is 8.40. The molecule has 38 heavy (non-hydrogen) atoms. The van der Waals surface area contributed by atoms with Crippen LogP contribution in [-0.2, 0) is 25.7 Å². The molecule has 2 aromatic rings. The van der Waals surface area contributed by atoms with Crippen LogP contribution >= 0.6 is 11.8 Å². The van der Waals surface area contributed by atoms with Crippen LogP contribution in [0.1, 0.15) is 23.5 Å². The van der Waals surface area contributed by atoms with Gasteiger partial charge in [-0.15, -0.1) is 0 Å². The second kappa shape index (κ2) is 11.3. The van der Waals surface area contributed by atoms with Gasteiger partial charge in [0.15, 0.2) is 0 Å². The molecule has 0 bridgehead atoms. The molecule has 2 aromatic carbocycles. The first kappa shape index (κ1) is 26.6. The highest BCUT2D eigenvalue weighted by Gasteiger charge is 2.49. The number of thioether (sulfide) groups is 1. The molecule has 0 radical (unpaired) electrons. The number of ether oxygens (including phenoxy) is 3. The molecule has 0 aromatic heterocycles. The molecular weight excluding hydrogens is 508 g/mol. The van der Waals surface area contributed by atoms with E-state index in [-0.39, 0.29) is 35.0 Å². The number of nitriles is 1. The van der Waals surface area contributed by atoms with Crippen LogP contribution in [0.4, 0.5) is 0 Å². The SMILES string of the molecule is COC(=O)C[C@H]1SC2=C(C(=O)NCc3ccccc3)[C@@H](c3ccc(OC)cc3OC)C(C#N)=C(N)N2C1=O. The predicted octanol–water partition coefficient (Wildman–Crippen LogP) is 2.53. The maximum absolute atomic E-state index is 13.8. The number of methoxy groups -OCH3 is 3. The van der Waals surface area contributed by atoms with Gasteiger partial charge in [-0.1, -0.05) is 48.2 Å². The van der Waals surface area contributed by atoms with Gasteiger partial charge in [-0.05, 0) is 11.6 Å². The zero-order valence-electron chi connectivity index (χ0n) is 21.0. The lowest BCUT2D eigenvalue weighted by Crippen LogP contribution is -2.40. The Kier molecular flexibility index (Phi) is 7.93. The number of carbonyl (C=O) groups is 3. The van der Waals surface area contributed by atoms with E-state index in [1.165, 1.54) is 21.3 Å². The molecule has 0 aliphatic carbocycles. The smallest absolute Gasteiger partial charge is 0.307 e. The minimum absolute atomic E-state index is 0.00902. The number of nitrogens with zero attached hydrogens (tertiary/aromatic N) is 2. The van der Waals surface area contributed by atoms with E-state index in [9.17, 15) is 19.6 Å². The lowest BCUT2D eigenvalue weighted by molar-refractivity contribution is -0.142. The molecule has 2 aliphatic heterocycles. The summed E-state index contributed by atoms with van der Waals surface area (Å²) in [4.78, 5) is 40.3. The van der Waals surface area contributed by atoms with Crippen molar-refractivity contribution in [3.8, 4) is 17.6 Å². The highest BCUT2D eigenvalue weighted by Crippen LogP contribution is 2.51. The molecule has 2 aliphatic rings. The zero-order chi connectivity index (χ0) is 27.4. The number of benzene rings is 2. The number of nitrogens with two attached hydrogens (primary N) is 1. The highest BCUT2D eigenvalue weighted by atomic mass is 32.2. The van der Waals surface area contributed by atoms with Crippen molar-refractivity contribution in [1.29, 1.82) is 5.26 Å². The number of fused-ring (bicyclic) bond motifs is 1. The normalized spacial score (nSPS) is 18.6. The predicted molar refractivity (Wildman–Crippen MR) is 139 cm³/mol. The summed E-state index contributed by atoms with van der Waals surface area (Å²) in [7, 11) is 4.21. The standard InChI is InChI=1S/C27H26N4O6S/c1-35-16-9-10-17(19(11-16)36-2)22-18(13-28)24(29)31-26(34)20(12-21(32)37-3)38-27(31)23(22)25(33)30-14-15-7-5-4-6-8-15/h4-11,20,22H,12,14,29H2,1-3H3,(H,30,33)/t20-,22+/m1/s1. The molecule has 10 nitrogen and oxygen atoms in total. The van der Waals surface area contributed by atoms with E-state index in [0.29, 0.717) is 17.1 Å². The molecule has 2 atom stereocenters. The zero-order valence-corrected chi connectivity index (χ0v) is 21.8. The first-order valence-corrected chi connectivity index (χ1v) is 12.5. The largest absolute Gasteiger partial charge is 0.497 e. The van der Waals surface area contributed by atoms with Crippen LogP contribution in [0.25, 0.3) is 0 Å². The van der Waals surface area contributed by atoms with Crippen molar-refractivity contribution in [3.63, 3.8) is 0 Å². The topological polar surface area (TPSA) is 144 Å². The molecule has 196 valence electrons. The third-order valence-corrected chi connectivity index (χ3v) is 7.55. The van der Waals surface area contributed by atoms with Gasteiger partial charge >= 0.3 is 5.97 Å². The summed E-state index contributed by atoms with van der Waals surface area (Å²) in [6, 6.07) is 16.5. The summed E-state index contributed by atoms with van der Waals surface area (Å²) in [6.07, 6.45) is -0.218. The van der Waals surface area contributed by atoms with Gasteiger partial charge in [0.05, 0.1) is 55.9 Å². The third kappa shape index (κ3) is 4.90. The Morgan fingerprint density at radius 2 is 1.87 bits per heavy atom. The van der Waals surface area contributed by atoms with Gasteiger partial charge in [0.25, 0.3) is 5.91 Å². The van der Waals surface area contributed by atoms with Crippen molar-refractivity contribution >= 4 is 29.5 Å². The molecule has 2 amide bonds. The Morgan fingerprint density at radius 1 is 1.13 bits per heavy atom. The molecule has 2 heterocycles. The first-order chi connectivity index (χ1) is 18.3. The lowest BCUT2D eigenvalue weighted by atomic mass is 9.82. The van der Waals surface area contributed by atoms with Crippen LogP contribution < -0.4 is 20.5 Å². The Bertz CT molecular complexity index is 1380. The summed E-state index contributed by atoms with van der Waals surface area (Å²) in [5.41, 5.74) is 7.92. The van der Waals surface area contributed by atoms with E-state index in [0.717, 1.165) is 22.2 Å². The summed E-state index contributed by atoms with van der Waals surface area (Å²) in [5.74, 6) is -1.73. The average Bonchev–Trinajstić information content (AvgIpc) is 3.26. The Morgan fingerprint density at radius 3 is 2.50 bits per heavy atom. The number of amides is 2. The van der Waals surface area contributed by atoms with E-state index in [1.807, 2.05) is 30.3 Å². The number of hydrogen-bond donors (Lipinski definition) is 2. The fraction of sp³-hybridized carbons (Fsp3) is 0.259. The fourth-order valence-corrected chi connectivity index (χ4v) is 5.71. The summed E-state index contributed by atoms with van der Waals surface area (Å²) in [5, 5.41) is 12.5. The molecular formula is C27H26N4O6S. The van der Waals surface area contributed by atoms with Crippen LogP contribution in [0.3, 0.4) is 0 Å². The van der Waals surface area contributed by atoms with Gasteiger partial charge in [-0.2, -0.15) is 5.26 Å². The first-order valence-electron chi connectivity index (χ1n) is 11.6. The van der Waals surface area contributed by atoms with Crippen LogP contribution in [0.2, 0.25) is 0 Å². The van der Waals surface area contributed by atoms with Crippen molar-refractivity contribution in [3.05, 3.63) is 81.7 Å². The molecule has 0 saturated carbocycles. The molecule has 3 N–H and O–H groups in total. The van der Waals surface area contributed by atoms with E-state index in [2.05, 4.69) is 11.4 Å². The third-order valence-electron chi connectivity index (χ3n) is 6.27. The van der Waals surface area contributed by atoms with Crippen LogP contribution in [-0.4, -0.2) is 49.3 Å². The van der Waals surface area contributed by atoms with E-state index >= 15 is 0 Å². The van der Waals surface area contributed by atoms with Gasteiger partial charge < -0.3 is 25.3 Å². The van der Waals surface area contributed by atoms with E-state index in [4.69, 9.17) is 19.9 Å². The molecule has 0 spiro atoms. The Hall–Kier alpha value is -4.43. The van der Waals surface area contributed by atoms with Gasteiger partial charge in [0.1, 0.15) is 22.6 Å². The van der Waals surface area contributed by atoms with Crippen molar-refractivity contribution in [2.24, 2.45) is 5.73 Å². The van der Waals surface area contributed by atoms with Crippen molar-refractivity contribution in [2.75, 3.05) is 21.3 Å². The van der Waals surface area contributed by atoms with Crippen molar-refractivity contribution < 1.29 is 28.6 Å². The van der Waals surface area contributed by atoms with Gasteiger partial charge in [-0.25, -0.2) is 0 Å². The number of allylic oxidation sites excluding steroid dienone is 1. The molecule has 11 heteroatoms. The van der Waals surface area contributed by atoms with Crippen LogP contribution in [0.5, 0.6) is 11.5 Å². The second-order valence-corrected chi connectivity index (χ2v) is 9.59. The number of carbonyl (C=O) groups excluding carboxylic acids is 3. The van der Waals surface area contributed by atoms with Gasteiger partial charge in [-0.3, -0.25) is 19.3 Å². The maximum Gasteiger partial charge on any atom is 0.307 e. The van der Waals surface area contributed by atoms with E-state index in [1.54, 1.807) is 18.2 Å². The number of nitrogens with one attached hydrogen (secondary N) is 1. The minimum atomic E-state index is -0.944. The van der Waals surface area contributed by atoms with Crippen molar-refractivity contribution in [2.45, 2.75) is 24.1 Å². The van der Waals surface area contributed by atoms with Gasteiger partial charge in [0.2, 0.25) is 5.91 Å². The average molecular weight is 535 g/mol. The van der Waals surface area contributed by atoms with Gasteiger partial charge in [0, 0.05) is 18.2 Å². The number of hydrogen-bond acceptors (Lipinski definition) is 9.